The second-order valence-corrected chi connectivity index (χ2v) is 7.37. The first-order valence-electron chi connectivity index (χ1n) is 9.18. The summed E-state index contributed by atoms with van der Waals surface area (Å²) in [6.45, 7) is 12.6. The lowest BCUT2D eigenvalue weighted by molar-refractivity contribution is -0.128. The molecule has 1 aromatic rings. The van der Waals surface area contributed by atoms with Gasteiger partial charge in [-0.3, -0.25) is 4.79 Å². The molecular weight excluding hydrogens is 300 g/mol. The van der Waals surface area contributed by atoms with E-state index in [1.54, 1.807) is 0 Å². The Hall–Kier alpha value is -1.55. The molecule has 4 heteroatoms. The van der Waals surface area contributed by atoms with Crippen LogP contribution in [0, 0.1) is 0 Å². The van der Waals surface area contributed by atoms with Gasteiger partial charge in [-0.15, -0.1) is 0 Å². The van der Waals surface area contributed by atoms with E-state index in [9.17, 15) is 4.79 Å². The van der Waals surface area contributed by atoms with Gasteiger partial charge >= 0.3 is 0 Å². The third-order valence-electron chi connectivity index (χ3n) is 4.82. The van der Waals surface area contributed by atoms with E-state index in [0.717, 1.165) is 37.2 Å². The molecule has 1 saturated heterocycles. The van der Waals surface area contributed by atoms with Crippen LogP contribution in [0.3, 0.4) is 0 Å². The maximum atomic E-state index is 12.5. The number of benzene rings is 1. The molecule has 0 unspecified atom stereocenters. The first kappa shape index (κ1) is 18.8. The lowest BCUT2D eigenvalue weighted by atomic mass is 10.0. The van der Waals surface area contributed by atoms with Gasteiger partial charge in [0.05, 0.1) is 0 Å². The van der Waals surface area contributed by atoms with Gasteiger partial charge in [-0.25, -0.2) is 0 Å². The fourth-order valence-electron chi connectivity index (χ4n) is 3.19. The summed E-state index contributed by atoms with van der Waals surface area (Å²) in [5.41, 5.74) is 1.14. The van der Waals surface area contributed by atoms with Crippen molar-refractivity contribution in [1.29, 1.82) is 0 Å². The summed E-state index contributed by atoms with van der Waals surface area (Å²) >= 11 is 0. The summed E-state index contributed by atoms with van der Waals surface area (Å²) in [5, 5.41) is 3.16. The number of carbonyl (C=O) groups is 1. The number of nitrogens with one attached hydrogen (secondary N) is 1. The van der Waals surface area contributed by atoms with Gasteiger partial charge in [0.2, 0.25) is 0 Å². The molecule has 0 saturated carbocycles. The fourth-order valence-corrected chi connectivity index (χ4v) is 3.19. The molecular formula is C20H32N2O2. The molecule has 24 heavy (non-hydrogen) atoms. The lowest BCUT2D eigenvalue weighted by Gasteiger charge is -2.35. The Morgan fingerprint density at radius 2 is 1.75 bits per heavy atom. The van der Waals surface area contributed by atoms with Crippen LogP contribution in [0.2, 0.25) is 0 Å². The number of carbonyl (C=O) groups excluding carboxylic acids is 1. The minimum atomic E-state index is -0.479. The van der Waals surface area contributed by atoms with Gasteiger partial charge in [0, 0.05) is 25.2 Å². The summed E-state index contributed by atoms with van der Waals surface area (Å²) in [5.74, 6) is 1.16. The highest BCUT2D eigenvalue weighted by Gasteiger charge is 2.24. The average Bonchev–Trinajstić information content (AvgIpc) is 2.55. The maximum Gasteiger partial charge on any atom is 0.260 e. The minimum Gasteiger partial charge on any atom is -0.481 e. The first-order valence-corrected chi connectivity index (χ1v) is 9.18. The van der Waals surface area contributed by atoms with Crippen molar-refractivity contribution in [2.75, 3.05) is 13.1 Å². The van der Waals surface area contributed by atoms with Crippen LogP contribution >= 0.6 is 0 Å². The van der Waals surface area contributed by atoms with Crippen LogP contribution in [0.1, 0.15) is 58.9 Å². The van der Waals surface area contributed by atoms with Crippen LogP contribution in [0.5, 0.6) is 5.75 Å². The van der Waals surface area contributed by atoms with E-state index in [-0.39, 0.29) is 11.9 Å². The van der Waals surface area contributed by atoms with Gasteiger partial charge in [0.15, 0.2) is 6.10 Å². The highest BCUT2D eigenvalue weighted by atomic mass is 16.5. The molecule has 1 N–H and O–H groups in total. The van der Waals surface area contributed by atoms with E-state index in [4.69, 9.17) is 4.74 Å². The molecule has 1 atom stereocenters. The number of ether oxygens (including phenoxy) is 1. The van der Waals surface area contributed by atoms with E-state index in [1.807, 2.05) is 25.1 Å². The number of hydrogen-bond donors (Lipinski definition) is 1. The molecule has 1 aliphatic heterocycles. The van der Waals surface area contributed by atoms with Crippen molar-refractivity contribution in [1.82, 2.24) is 10.2 Å². The number of amides is 1. The Kier molecular flexibility index (Phi) is 6.67. The average molecular weight is 332 g/mol. The molecule has 1 aromatic carbocycles. The highest BCUT2D eigenvalue weighted by Crippen LogP contribution is 2.26. The number of rotatable bonds is 6. The van der Waals surface area contributed by atoms with E-state index < -0.39 is 6.10 Å². The van der Waals surface area contributed by atoms with E-state index in [0.29, 0.717) is 12.0 Å². The van der Waals surface area contributed by atoms with E-state index >= 15 is 0 Å². The second kappa shape index (κ2) is 8.52. The number of nitrogens with zero attached hydrogens (tertiary/aromatic N) is 1. The Morgan fingerprint density at radius 3 is 2.33 bits per heavy atom. The molecule has 0 bridgehead atoms. The van der Waals surface area contributed by atoms with Crippen molar-refractivity contribution in [2.45, 2.75) is 71.6 Å². The number of para-hydroxylation sites is 1. The molecule has 4 nitrogen and oxygen atoms in total. The van der Waals surface area contributed by atoms with Gasteiger partial charge in [-0.1, -0.05) is 32.0 Å². The topological polar surface area (TPSA) is 41.6 Å². The molecule has 0 radical (unpaired) electrons. The molecule has 1 amide bonds. The molecule has 0 aromatic heterocycles. The van der Waals surface area contributed by atoms with Crippen LogP contribution in [0.4, 0.5) is 0 Å². The van der Waals surface area contributed by atoms with Gasteiger partial charge in [0.25, 0.3) is 5.91 Å². The van der Waals surface area contributed by atoms with Crippen LogP contribution in [-0.4, -0.2) is 42.1 Å². The fraction of sp³-hybridized carbons (Fsp3) is 0.650. The Balaban J connectivity index is 1.87. The van der Waals surface area contributed by atoms with Crippen LogP contribution in [-0.2, 0) is 4.79 Å². The van der Waals surface area contributed by atoms with Crippen LogP contribution < -0.4 is 10.1 Å². The van der Waals surface area contributed by atoms with Gasteiger partial charge in [-0.2, -0.15) is 0 Å². The van der Waals surface area contributed by atoms with Crippen molar-refractivity contribution < 1.29 is 9.53 Å². The second-order valence-electron chi connectivity index (χ2n) is 7.37. The number of hydrogen-bond acceptors (Lipinski definition) is 3. The van der Waals surface area contributed by atoms with Crippen LogP contribution in [0.15, 0.2) is 24.3 Å². The Morgan fingerprint density at radius 1 is 1.12 bits per heavy atom. The van der Waals surface area contributed by atoms with Crippen LogP contribution in [0.25, 0.3) is 0 Å². The summed E-state index contributed by atoms with van der Waals surface area (Å²) in [6, 6.07) is 8.81. The van der Waals surface area contributed by atoms with E-state index in [1.165, 1.54) is 0 Å². The largest absolute Gasteiger partial charge is 0.481 e. The molecule has 1 heterocycles. The molecule has 0 aliphatic carbocycles. The zero-order valence-electron chi connectivity index (χ0n) is 15.7. The van der Waals surface area contributed by atoms with Crippen molar-refractivity contribution in [3.63, 3.8) is 0 Å². The highest BCUT2D eigenvalue weighted by molar-refractivity contribution is 5.81. The molecule has 134 valence electrons. The Labute approximate surface area is 146 Å². The first-order chi connectivity index (χ1) is 11.4. The molecule has 1 fully saturated rings. The van der Waals surface area contributed by atoms with E-state index in [2.05, 4.69) is 44.0 Å². The smallest absolute Gasteiger partial charge is 0.260 e. The lowest BCUT2D eigenvalue weighted by Crippen LogP contribution is -2.49. The summed E-state index contributed by atoms with van der Waals surface area (Å²) in [6.07, 6.45) is 1.55. The van der Waals surface area contributed by atoms with Gasteiger partial charge in [-0.05, 0) is 51.2 Å². The minimum absolute atomic E-state index is 0.0171. The van der Waals surface area contributed by atoms with Crippen molar-refractivity contribution in [3.8, 4) is 5.75 Å². The number of piperidine rings is 1. The summed E-state index contributed by atoms with van der Waals surface area (Å²) < 4.78 is 5.95. The number of likely N-dealkylation sites (tertiary alicyclic amines) is 1. The molecule has 0 spiro atoms. The zero-order chi connectivity index (χ0) is 17.7. The normalized spacial score (nSPS) is 18.0. The Bertz CT molecular complexity index is 534. The maximum absolute atomic E-state index is 12.5. The predicted octanol–water partition coefficient (Wildman–Crippen LogP) is 3.57. The predicted molar refractivity (Wildman–Crippen MR) is 98.5 cm³/mol. The van der Waals surface area contributed by atoms with Crippen molar-refractivity contribution in [3.05, 3.63) is 29.8 Å². The monoisotopic (exact) mass is 332 g/mol. The molecule has 1 aliphatic rings. The summed E-state index contributed by atoms with van der Waals surface area (Å²) in [4.78, 5) is 14.9. The van der Waals surface area contributed by atoms with Gasteiger partial charge < -0.3 is 15.0 Å². The third kappa shape index (κ3) is 4.97. The standard InChI is InChI=1S/C20H32N2O2/c1-14(2)18-8-6-7-9-19(18)24-16(5)20(23)21-17-10-12-22(13-11-17)15(3)4/h6-9,14-17H,10-13H2,1-5H3,(H,21,23)/t16-/m1/s1. The SMILES string of the molecule is CC(C)c1ccccc1O[C@H](C)C(=O)NC1CCN(C(C)C)CC1. The quantitative estimate of drug-likeness (QED) is 0.866. The van der Waals surface area contributed by atoms with Gasteiger partial charge in [0.1, 0.15) is 5.75 Å². The third-order valence-corrected chi connectivity index (χ3v) is 4.82. The zero-order valence-corrected chi connectivity index (χ0v) is 15.7. The molecule has 2 rings (SSSR count). The van der Waals surface area contributed by atoms with Crippen molar-refractivity contribution in [2.24, 2.45) is 0 Å². The summed E-state index contributed by atoms with van der Waals surface area (Å²) in [7, 11) is 0. The van der Waals surface area contributed by atoms with Crippen molar-refractivity contribution >= 4 is 5.91 Å².